The van der Waals surface area contributed by atoms with Crippen molar-refractivity contribution in [2.45, 2.75) is 13.0 Å². The number of pyridine rings is 1. The van der Waals surface area contributed by atoms with Crippen molar-refractivity contribution in [2.75, 3.05) is 5.32 Å². The van der Waals surface area contributed by atoms with E-state index in [1.54, 1.807) is 18.3 Å². The van der Waals surface area contributed by atoms with Crippen molar-refractivity contribution in [2.24, 2.45) is 0 Å². The predicted molar refractivity (Wildman–Crippen MR) is 70.4 cm³/mol. The van der Waals surface area contributed by atoms with Gasteiger partial charge in [0, 0.05) is 11.8 Å². The first-order valence-electron chi connectivity index (χ1n) is 5.30. The van der Waals surface area contributed by atoms with E-state index in [2.05, 4.69) is 26.2 Å². The molecule has 1 aromatic carbocycles. The van der Waals surface area contributed by atoms with Crippen molar-refractivity contribution in [1.29, 1.82) is 0 Å². The Morgan fingerprint density at radius 1 is 1.24 bits per heavy atom. The maximum absolute atomic E-state index is 13.6. The third-order valence-electron chi connectivity index (χ3n) is 2.48. The van der Waals surface area contributed by atoms with Crippen LogP contribution in [0.25, 0.3) is 0 Å². The van der Waals surface area contributed by atoms with E-state index >= 15 is 0 Å². The largest absolute Gasteiger partial charge is 0.363 e. The molecule has 0 fully saturated rings. The maximum atomic E-state index is 13.6. The standard InChI is InChI=1S/C13H12BrFN2/c1-9(10-5-2-3-7-12(10)15)17-13-11(14)6-4-8-16-13/h2-9H,1H3,(H,16,17). The number of anilines is 1. The van der Waals surface area contributed by atoms with E-state index < -0.39 is 0 Å². The first kappa shape index (κ1) is 12.0. The molecule has 0 aliphatic carbocycles. The number of hydrogen-bond donors (Lipinski definition) is 1. The summed E-state index contributed by atoms with van der Waals surface area (Å²) < 4.78 is 14.4. The quantitative estimate of drug-likeness (QED) is 0.919. The SMILES string of the molecule is CC(Nc1ncccc1Br)c1ccccc1F. The van der Waals surface area contributed by atoms with Gasteiger partial charge in [0.25, 0.3) is 0 Å². The molecule has 0 saturated carbocycles. The van der Waals surface area contributed by atoms with Gasteiger partial charge in [-0.2, -0.15) is 0 Å². The summed E-state index contributed by atoms with van der Waals surface area (Å²) in [4.78, 5) is 4.19. The minimum atomic E-state index is -0.209. The second kappa shape index (κ2) is 5.27. The summed E-state index contributed by atoms with van der Waals surface area (Å²) in [7, 11) is 0. The molecule has 0 bridgehead atoms. The summed E-state index contributed by atoms with van der Waals surface area (Å²) >= 11 is 3.40. The molecule has 0 spiro atoms. The highest BCUT2D eigenvalue weighted by Gasteiger charge is 2.11. The van der Waals surface area contributed by atoms with Crippen LogP contribution in [0.15, 0.2) is 47.1 Å². The Morgan fingerprint density at radius 2 is 2.00 bits per heavy atom. The van der Waals surface area contributed by atoms with E-state index in [4.69, 9.17) is 0 Å². The van der Waals surface area contributed by atoms with Crippen molar-refractivity contribution < 1.29 is 4.39 Å². The maximum Gasteiger partial charge on any atom is 0.140 e. The number of benzene rings is 1. The van der Waals surface area contributed by atoms with Gasteiger partial charge in [-0.25, -0.2) is 9.37 Å². The molecule has 1 heterocycles. The minimum absolute atomic E-state index is 0.137. The Balaban J connectivity index is 2.20. The van der Waals surface area contributed by atoms with Gasteiger partial charge in [-0.3, -0.25) is 0 Å². The topological polar surface area (TPSA) is 24.9 Å². The molecular formula is C13H12BrFN2. The van der Waals surface area contributed by atoms with Crippen LogP contribution >= 0.6 is 15.9 Å². The molecule has 88 valence electrons. The van der Waals surface area contributed by atoms with Gasteiger partial charge < -0.3 is 5.32 Å². The minimum Gasteiger partial charge on any atom is -0.363 e. The molecule has 0 saturated heterocycles. The summed E-state index contributed by atoms with van der Waals surface area (Å²) in [6, 6.07) is 10.3. The second-order valence-corrected chi connectivity index (χ2v) is 4.58. The third kappa shape index (κ3) is 2.82. The molecule has 1 N–H and O–H groups in total. The lowest BCUT2D eigenvalue weighted by Gasteiger charge is -2.16. The highest BCUT2D eigenvalue weighted by Crippen LogP contribution is 2.25. The van der Waals surface area contributed by atoms with Gasteiger partial charge in [0.15, 0.2) is 0 Å². The van der Waals surface area contributed by atoms with Crippen LogP contribution < -0.4 is 5.32 Å². The molecular weight excluding hydrogens is 283 g/mol. The molecule has 4 heteroatoms. The van der Waals surface area contributed by atoms with Crippen LogP contribution in [0.5, 0.6) is 0 Å². The summed E-state index contributed by atoms with van der Waals surface area (Å²) in [5, 5.41) is 3.17. The van der Waals surface area contributed by atoms with E-state index in [0.717, 1.165) is 4.47 Å². The first-order chi connectivity index (χ1) is 8.18. The molecule has 1 unspecified atom stereocenters. The lowest BCUT2D eigenvalue weighted by molar-refractivity contribution is 0.600. The Kier molecular flexibility index (Phi) is 3.74. The van der Waals surface area contributed by atoms with E-state index in [-0.39, 0.29) is 11.9 Å². The average Bonchev–Trinajstić information content (AvgIpc) is 2.32. The van der Waals surface area contributed by atoms with Crippen molar-refractivity contribution in [3.05, 3.63) is 58.4 Å². The smallest absolute Gasteiger partial charge is 0.140 e. The molecule has 0 amide bonds. The van der Waals surface area contributed by atoms with Gasteiger partial charge in [-0.1, -0.05) is 18.2 Å². The Labute approximate surface area is 108 Å². The summed E-state index contributed by atoms with van der Waals surface area (Å²) in [6.07, 6.45) is 1.70. The zero-order chi connectivity index (χ0) is 12.3. The van der Waals surface area contributed by atoms with Crippen LogP contribution in [-0.2, 0) is 0 Å². The zero-order valence-electron chi connectivity index (χ0n) is 9.32. The fourth-order valence-corrected chi connectivity index (χ4v) is 1.97. The number of halogens is 2. The second-order valence-electron chi connectivity index (χ2n) is 3.72. The summed E-state index contributed by atoms with van der Waals surface area (Å²) in [5.74, 6) is 0.503. The van der Waals surface area contributed by atoms with Crippen LogP contribution in [0.4, 0.5) is 10.2 Å². The lowest BCUT2D eigenvalue weighted by Crippen LogP contribution is -2.09. The van der Waals surface area contributed by atoms with Crippen LogP contribution in [0, 0.1) is 5.82 Å². The van der Waals surface area contributed by atoms with Crippen LogP contribution in [0.1, 0.15) is 18.5 Å². The van der Waals surface area contributed by atoms with Crippen molar-refractivity contribution in [1.82, 2.24) is 4.98 Å². The number of hydrogen-bond acceptors (Lipinski definition) is 2. The third-order valence-corrected chi connectivity index (χ3v) is 3.12. The lowest BCUT2D eigenvalue weighted by atomic mass is 10.1. The Morgan fingerprint density at radius 3 is 2.71 bits per heavy atom. The molecule has 1 atom stereocenters. The van der Waals surface area contributed by atoms with E-state index in [0.29, 0.717) is 11.4 Å². The van der Waals surface area contributed by atoms with E-state index in [1.165, 1.54) is 6.07 Å². The van der Waals surface area contributed by atoms with Crippen molar-refractivity contribution in [3.63, 3.8) is 0 Å². The number of nitrogens with one attached hydrogen (secondary N) is 1. The highest BCUT2D eigenvalue weighted by atomic mass is 79.9. The molecule has 2 nitrogen and oxygen atoms in total. The van der Waals surface area contributed by atoms with Crippen LogP contribution in [0.2, 0.25) is 0 Å². The average molecular weight is 295 g/mol. The van der Waals surface area contributed by atoms with Gasteiger partial charge >= 0.3 is 0 Å². The van der Waals surface area contributed by atoms with Crippen LogP contribution in [0.3, 0.4) is 0 Å². The van der Waals surface area contributed by atoms with Gasteiger partial charge in [0.2, 0.25) is 0 Å². The van der Waals surface area contributed by atoms with Crippen LogP contribution in [-0.4, -0.2) is 4.98 Å². The predicted octanol–water partition coefficient (Wildman–Crippen LogP) is 4.16. The normalized spacial score (nSPS) is 12.2. The Bertz CT molecular complexity index is 516. The molecule has 17 heavy (non-hydrogen) atoms. The van der Waals surface area contributed by atoms with Gasteiger partial charge in [-0.05, 0) is 41.1 Å². The Hall–Kier alpha value is -1.42. The van der Waals surface area contributed by atoms with Crippen molar-refractivity contribution >= 4 is 21.7 Å². The number of aromatic nitrogens is 1. The summed E-state index contributed by atoms with van der Waals surface area (Å²) in [5.41, 5.74) is 0.630. The van der Waals surface area contributed by atoms with Gasteiger partial charge in [0.05, 0.1) is 10.5 Å². The highest BCUT2D eigenvalue weighted by molar-refractivity contribution is 9.10. The molecule has 2 aromatic rings. The molecule has 0 radical (unpaired) electrons. The molecule has 0 aliphatic rings. The summed E-state index contributed by atoms with van der Waals surface area (Å²) in [6.45, 7) is 1.90. The zero-order valence-corrected chi connectivity index (χ0v) is 10.9. The van der Waals surface area contributed by atoms with Gasteiger partial charge in [-0.15, -0.1) is 0 Å². The van der Waals surface area contributed by atoms with Gasteiger partial charge in [0.1, 0.15) is 11.6 Å². The fourth-order valence-electron chi connectivity index (χ4n) is 1.60. The molecule has 1 aromatic heterocycles. The van der Waals surface area contributed by atoms with E-state index in [1.807, 2.05) is 25.1 Å². The number of rotatable bonds is 3. The van der Waals surface area contributed by atoms with Crippen molar-refractivity contribution in [3.8, 4) is 0 Å². The fraction of sp³-hybridized carbons (Fsp3) is 0.154. The van der Waals surface area contributed by atoms with E-state index in [9.17, 15) is 4.39 Å². The molecule has 2 rings (SSSR count). The first-order valence-corrected chi connectivity index (χ1v) is 6.09. The molecule has 0 aliphatic heterocycles. The monoisotopic (exact) mass is 294 g/mol. The number of nitrogens with zero attached hydrogens (tertiary/aromatic N) is 1.